The van der Waals surface area contributed by atoms with Gasteiger partial charge in [-0.05, 0) is 18.2 Å². The Kier molecular flexibility index (Phi) is 2.97. The van der Waals surface area contributed by atoms with Crippen LogP contribution in [-0.2, 0) is 17.9 Å². The zero-order chi connectivity index (χ0) is 12.4. The molecule has 1 aromatic heterocycles. The van der Waals surface area contributed by atoms with Crippen molar-refractivity contribution in [2.75, 3.05) is 12.8 Å². The van der Waals surface area contributed by atoms with Crippen LogP contribution in [0.2, 0.25) is 0 Å². The molecule has 90 valence electrons. The Morgan fingerprint density at radius 3 is 3.00 bits per heavy atom. The molecule has 1 heterocycles. The topological polar surface area (TPSA) is 93.2 Å². The number of carbonyl (C=O) groups excluding carboxylic acids is 1. The van der Waals surface area contributed by atoms with Gasteiger partial charge in [0.2, 0.25) is 5.91 Å². The third-order valence-corrected chi connectivity index (χ3v) is 2.57. The van der Waals surface area contributed by atoms with E-state index in [2.05, 4.69) is 10.3 Å². The number of likely N-dealkylation sites (N-methyl/N-ethyl adjacent to an activating group) is 1. The second kappa shape index (κ2) is 4.42. The minimum absolute atomic E-state index is 0.132. The SMILES string of the molecule is CNC(=O)Cn1c(CO)nc2cc(N)ccc21. The van der Waals surface area contributed by atoms with Crippen molar-refractivity contribution >= 4 is 22.6 Å². The third-order valence-electron chi connectivity index (χ3n) is 2.57. The summed E-state index contributed by atoms with van der Waals surface area (Å²) in [7, 11) is 1.57. The van der Waals surface area contributed by atoms with Gasteiger partial charge in [-0.25, -0.2) is 4.98 Å². The molecule has 0 fully saturated rings. The van der Waals surface area contributed by atoms with E-state index in [4.69, 9.17) is 5.73 Å². The van der Waals surface area contributed by atoms with Crippen LogP contribution in [0, 0.1) is 0 Å². The zero-order valence-corrected chi connectivity index (χ0v) is 9.47. The van der Waals surface area contributed by atoms with Gasteiger partial charge in [0, 0.05) is 12.7 Å². The van der Waals surface area contributed by atoms with Crippen molar-refractivity contribution in [3.63, 3.8) is 0 Å². The average molecular weight is 234 g/mol. The molecule has 0 aliphatic carbocycles. The van der Waals surface area contributed by atoms with Crippen LogP contribution < -0.4 is 11.1 Å². The van der Waals surface area contributed by atoms with Gasteiger partial charge >= 0.3 is 0 Å². The highest BCUT2D eigenvalue weighted by Crippen LogP contribution is 2.19. The molecule has 0 atom stereocenters. The molecule has 0 saturated heterocycles. The third kappa shape index (κ3) is 2.07. The average Bonchev–Trinajstić information content (AvgIpc) is 2.66. The fourth-order valence-electron chi connectivity index (χ4n) is 1.72. The molecule has 4 N–H and O–H groups in total. The quantitative estimate of drug-likeness (QED) is 0.644. The van der Waals surface area contributed by atoms with Crippen LogP contribution in [-0.4, -0.2) is 27.6 Å². The molecule has 0 bridgehead atoms. The van der Waals surface area contributed by atoms with E-state index >= 15 is 0 Å². The molecule has 0 spiro atoms. The van der Waals surface area contributed by atoms with Crippen molar-refractivity contribution in [3.05, 3.63) is 24.0 Å². The van der Waals surface area contributed by atoms with Crippen molar-refractivity contribution in [3.8, 4) is 0 Å². The first-order chi connectivity index (χ1) is 8.15. The molecular weight excluding hydrogens is 220 g/mol. The molecular formula is C11H14N4O2. The summed E-state index contributed by atoms with van der Waals surface area (Å²) in [6.07, 6.45) is 0. The lowest BCUT2D eigenvalue weighted by Crippen LogP contribution is -2.24. The largest absolute Gasteiger partial charge is 0.399 e. The van der Waals surface area contributed by atoms with Crippen LogP contribution in [0.25, 0.3) is 11.0 Å². The highest BCUT2D eigenvalue weighted by molar-refractivity contribution is 5.82. The van der Waals surface area contributed by atoms with Gasteiger partial charge in [-0.1, -0.05) is 0 Å². The Morgan fingerprint density at radius 1 is 1.59 bits per heavy atom. The number of imidazole rings is 1. The Hall–Kier alpha value is -2.08. The summed E-state index contributed by atoms with van der Waals surface area (Å²) < 4.78 is 1.67. The summed E-state index contributed by atoms with van der Waals surface area (Å²) in [5.74, 6) is 0.310. The summed E-state index contributed by atoms with van der Waals surface area (Å²) in [6, 6.07) is 5.25. The van der Waals surface area contributed by atoms with E-state index in [9.17, 15) is 9.90 Å². The fourth-order valence-corrected chi connectivity index (χ4v) is 1.72. The summed E-state index contributed by atoms with van der Waals surface area (Å²) in [5, 5.41) is 11.8. The van der Waals surface area contributed by atoms with Gasteiger partial charge in [-0.15, -0.1) is 0 Å². The van der Waals surface area contributed by atoms with E-state index in [1.165, 1.54) is 0 Å². The summed E-state index contributed by atoms with van der Waals surface area (Å²) >= 11 is 0. The number of anilines is 1. The minimum Gasteiger partial charge on any atom is -0.399 e. The van der Waals surface area contributed by atoms with Gasteiger partial charge in [-0.2, -0.15) is 0 Å². The predicted molar refractivity (Wildman–Crippen MR) is 64.1 cm³/mol. The number of hydrogen-bond donors (Lipinski definition) is 3. The number of carbonyl (C=O) groups is 1. The molecule has 0 radical (unpaired) electrons. The van der Waals surface area contributed by atoms with Gasteiger partial charge < -0.3 is 20.7 Å². The normalized spacial score (nSPS) is 10.7. The lowest BCUT2D eigenvalue weighted by atomic mass is 10.3. The monoisotopic (exact) mass is 234 g/mol. The molecule has 0 saturated carbocycles. The number of nitrogens with two attached hydrogens (primary N) is 1. The molecule has 0 unspecified atom stereocenters. The Morgan fingerprint density at radius 2 is 2.35 bits per heavy atom. The van der Waals surface area contributed by atoms with E-state index in [-0.39, 0.29) is 19.1 Å². The van der Waals surface area contributed by atoms with Crippen LogP contribution >= 0.6 is 0 Å². The maximum atomic E-state index is 11.4. The van der Waals surface area contributed by atoms with E-state index in [1.807, 2.05) is 0 Å². The van der Waals surface area contributed by atoms with E-state index in [0.717, 1.165) is 5.52 Å². The number of aromatic nitrogens is 2. The number of nitrogens with zero attached hydrogens (tertiary/aromatic N) is 2. The van der Waals surface area contributed by atoms with Crippen molar-refractivity contribution in [1.82, 2.24) is 14.9 Å². The number of hydrogen-bond acceptors (Lipinski definition) is 4. The van der Waals surface area contributed by atoms with Crippen LogP contribution in [0.15, 0.2) is 18.2 Å². The molecule has 17 heavy (non-hydrogen) atoms. The van der Waals surface area contributed by atoms with Gasteiger partial charge in [0.05, 0.1) is 11.0 Å². The van der Waals surface area contributed by atoms with E-state index in [1.54, 1.807) is 29.8 Å². The van der Waals surface area contributed by atoms with Gasteiger partial charge in [0.15, 0.2) is 0 Å². The molecule has 6 heteroatoms. The molecule has 1 amide bonds. The summed E-state index contributed by atoms with van der Waals surface area (Å²) in [4.78, 5) is 15.6. The van der Waals surface area contributed by atoms with Gasteiger partial charge in [0.1, 0.15) is 19.0 Å². The number of aliphatic hydroxyl groups is 1. The number of benzene rings is 1. The zero-order valence-electron chi connectivity index (χ0n) is 9.47. The first-order valence-electron chi connectivity index (χ1n) is 5.21. The second-order valence-corrected chi connectivity index (χ2v) is 3.69. The maximum Gasteiger partial charge on any atom is 0.239 e. The minimum atomic E-state index is -0.217. The fraction of sp³-hybridized carbons (Fsp3) is 0.273. The first kappa shape index (κ1) is 11.4. The first-order valence-corrected chi connectivity index (χ1v) is 5.21. The summed E-state index contributed by atoms with van der Waals surface area (Å²) in [5.41, 5.74) is 7.73. The van der Waals surface area contributed by atoms with Crippen LogP contribution in [0.5, 0.6) is 0 Å². The van der Waals surface area contributed by atoms with Crippen LogP contribution in [0.4, 0.5) is 5.69 Å². The molecule has 2 aromatic rings. The van der Waals surface area contributed by atoms with Crippen molar-refractivity contribution in [2.24, 2.45) is 0 Å². The molecule has 1 aromatic carbocycles. The van der Waals surface area contributed by atoms with Crippen molar-refractivity contribution < 1.29 is 9.90 Å². The Labute approximate surface area is 98.1 Å². The highest BCUT2D eigenvalue weighted by atomic mass is 16.3. The lowest BCUT2D eigenvalue weighted by Gasteiger charge is -2.06. The van der Waals surface area contributed by atoms with E-state index < -0.39 is 0 Å². The van der Waals surface area contributed by atoms with Crippen LogP contribution in [0.3, 0.4) is 0 Å². The van der Waals surface area contributed by atoms with Gasteiger partial charge in [-0.3, -0.25) is 4.79 Å². The van der Waals surface area contributed by atoms with E-state index in [0.29, 0.717) is 17.0 Å². The van der Waals surface area contributed by atoms with Crippen molar-refractivity contribution in [1.29, 1.82) is 0 Å². The smallest absolute Gasteiger partial charge is 0.239 e. The Balaban J connectivity index is 2.54. The second-order valence-electron chi connectivity index (χ2n) is 3.69. The predicted octanol–water partition coefficient (Wildman–Crippen LogP) is -0.143. The van der Waals surface area contributed by atoms with Crippen molar-refractivity contribution in [2.45, 2.75) is 13.2 Å². The lowest BCUT2D eigenvalue weighted by molar-refractivity contribution is -0.121. The number of nitrogens with one attached hydrogen (secondary N) is 1. The molecule has 0 aliphatic rings. The number of rotatable bonds is 3. The highest BCUT2D eigenvalue weighted by Gasteiger charge is 2.12. The van der Waals surface area contributed by atoms with Crippen LogP contribution in [0.1, 0.15) is 5.82 Å². The maximum absolute atomic E-state index is 11.4. The van der Waals surface area contributed by atoms with Gasteiger partial charge in [0.25, 0.3) is 0 Å². The molecule has 0 aliphatic heterocycles. The number of nitrogen functional groups attached to an aromatic ring is 1. The molecule has 6 nitrogen and oxygen atoms in total. The number of aliphatic hydroxyl groups excluding tert-OH is 1. The Bertz CT molecular complexity index is 562. The number of fused-ring (bicyclic) bond motifs is 1. The number of amides is 1. The molecule has 2 rings (SSSR count). The summed E-state index contributed by atoms with van der Waals surface area (Å²) in [6.45, 7) is -0.0849. The standard InChI is InChI=1S/C11H14N4O2/c1-13-11(17)5-15-9-3-2-7(12)4-8(9)14-10(15)6-16/h2-4,16H,5-6,12H2,1H3,(H,13,17).